The van der Waals surface area contributed by atoms with Gasteiger partial charge in [0.15, 0.2) is 6.04 Å². The van der Waals surface area contributed by atoms with E-state index in [0.717, 1.165) is 48.9 Å². The lowest BCUT2D eigenvalue weighted by Gasteiger charge is -2.39. The van der Waals surface area contributed by atoms with E-state index in [4.69, 9.17) is 0 Å². The van der Waals surface area contributed by atoms with Crippen molar-refractivity contribution in [1.82, 2.24) is 0 Å². The van der Waals surface area contributed by atoms with E-state index in [2.05, 4.69) is 12.2 Å². The molecule has 122 valence electrons. The minimum Gasteiger partial charge on any atom is -0.320 e. The number of quaternary nitrogens is 1. The predicted molar refractivity (Wildman–Crippen MR) is 88.9 cm³/mol. The first kappa shape index (κ1) is 17.0. The number of piperidine rings is 1. The van der Waals surface area contributed by atoms with Crippen molar-refractivity contribution < 1.29 is 14.6 Å². The summed E-state index contributed by atoms with van der Waals surface area (Å²) in [7, 11) is 0. The Hall–Kier alpha value is -1.39. The monoisotopic (exact) mass is 305 g/mol. The van der Waals surface area contributed by atoms with Crippen molar-refractivity contribution in [3.8, 4) is 0 Å². The van der Waals surface area contributed by atoms with Gasteiger partial charge < -0.3 is 5.32 Å². The van der Waals surface area contributed by atoms with Crippen molar-refractivity contribution in [2.75, 3.05) is 18.4 Å². The highest BCUT2D eigenvalue weighted by Crippen LogP contribution is 2.27. The number of unbranched alkanes of at least 4 members (excludes halogenated alkanes) is 1. The third-order valence-electron chi connectivity index (χ3n) is 4.78. The van der Waals surface area contributed by atoms with Crippen LogP contribution in [-0.2, 0) is 4.79 Å². The number of nitrogens with one attached hydrogen (secondary N) is 1. The van der Waals surface area contributed by atoms with Crippen LogP contribution in [0.3, 0.4) is 0 Å². The summed E-state index contributed by atoms with van der Waals surface area (Å²) in [5.41, 5.74) is 3.02. The topological polar surface area (TPSA) is 49.3 Å². The van der Waals surface area contributed by atoms with Gasteiger partial charge in [0.05, 0.1) is 0 Å². The molecule has 1 fully saturated rings. The molecule has 4 nitrogen and oxygen atoms in total. The third-order valence-corrected chi connectivity index (χ3v) is 4.78. The lowest BCUT2D eigenvalue weighted by Crippen LogP contribution is -2.60. The Bertz CT molecular complexity index is 510. The van der Waals surface area contributed by atoms with E-state index in [1.54, 1.807) is 0 Å². The molecule has 22 heavy (non-hydrogen) atoms. The van der Waals surface area contributed by atoms with Crippen LogP contribution < -0.4 is 5.32 Å². The highest BCUT2D eigenvalue weighted by atomic mass is 16.5. The fourth-order valence-electron chi connectivity index (χ4n) is 3.39. The maximum absolute atomic E-state index is 12.8. The summed E-state index contributed by atoms with van der Waals surface area (Å²) in [6, 6.07) is 5.65. The zero-order valence-corrected chi connectivity index (χ0v) is 14.1. The van der Waals surface area contributed by atoms with Gasteiger partial charge >= 0.3 is 0 Å². The van der Waals surface area contributed by atoms with E-state index < -0.39 is 0 Å². The molecule has 1 aliphatic heterocycles. The first-order chi connectivity index (χ1) is 10.5. The number of nitrogens with zero attached hydrogens (tertiary/aromatic N) is 1. The summed E-state index contributed by atoms with van der Waals surface area (Å²) in [6.07, 6.45) is 4.75. The molecule has 0 saturated carbocycles. The zero-order valence-electron chi connectivity index (χ0n) is 14.1. The minimum atomic E-state index is -0.348. The molecule has 4 heteroatoms. The maximum atomic E-state index is 12.8. The number of benzene rings is 1. The van der Waals surface area contributed by atoms with E-state index in [1.807, 2.05) is 32.0 Å². The Balaban J connectivity index is 2.15. The molecular weight excluding hydrogens is 276 g/mol. The van der Waals surface area contributed by atoms with Gasteiger partial charge in [0, 0.05) is 12.1 Å². The van der Waals surface area contributed by atoms with Crippen molar-refractivity contribution in [3.63, 3.8) is 0 Å². The number of aryl methyl sites for hydroxylation is 2. The molecule has 0 aliphatic carbocycles. The Labute approximate surface area is 133 Å². The number of hydrogen-bond donors (Lipinski definition) is 2. The SMILES string of the molecule is CCCC[N+]1(O)CCCCC1C(=O)Nc1c(C)cccc1C. The summed E-state index contributed by atoms with van der Waals surface area (Å²) in [5, 5.41) is 14.0. The average molecular weight is 305 g/mol. The molecule has 1 saturated heterocycles. The van der Waals surface area contributed by atoms with Gasteiger partial charge in [-0.1, -0.05) is 31.5 Å². The summed E-state index contributed by atoms with van der Waals surface area (Å²) in [4.78, 5) is 12.8. The van der Waals surface area contributed by atoms with Crippen molar-refractivity contribution in [3.05, 3.63) is 29.3 Å². The highest BCUT2D eigenvalue weighted by molar-refractivity contribution is 5.95. The molecule has 2 atom stereocenters. The number of carbonyl (C=O) groups excluding carboxylic acids is 1. The smallest absolute Gasteiger partial charge is 0.285 e. The average Bonchev–Trinajstić information content (AvgIpc) is 2.49. The summed E-state index contributed by atoms with van der Waals surface area (Å²) in [5.74, 6) is -0.0456. The molecule has 1 amide bonds. The Morgan fingerprint density at radius 3 is 2.64 bits per heavy atom. The van der Waals surface area contributed by atoms with Crippen molar-refractivity contribution >= 4 is 11.6 Å². The Morgan fingerprint density at radius 1 is 1.32 bits per heavy atom. The van der Waals surface area contributed by atoms with Crippen LogP contribution in [-0.4, -0.2) is 34.9 Å². The second-order valence-corrected chi connectivity index (χ2v) is 6.56. The Kier molecular flexibility index (Phi) is 5.59. The highest BCUT2D eigenvalue weighted by Gasteiger charge is 2.43. The molecule has 0 spiro atoms. The number of amides is 1. The van der Waals surface area contributed by atoms with Gasteiger partial charge in [-0.3, -0.25) is 4.79 Å². The van der Waals surface area contributed by atoms with Crippen LogP contribution in [0.5, 0.6) is 0 Å². The minimum absolute atomic E-state index is 0.0456. The number of hydroxylamine groups is 3. The fourth-order valence-corrected chi connectivity index (χ4v) is 3.39. The number of hydrogen-bond acceptors (Lipinski definition) is 2. The van der Waals surface area contributed by atoms with Gasteiger partial charge in [0.2, 0.25) is 0 Å². The Morgan fingerprint density at radius 2 is 2.00 bits per heavy atom. The van der Waals surface area contributed by atoms with E-state index in [9.17, 15) is 10.0 Å². The zero-order chi connectivity index (χ0) is 16.2. The second kappa shape index (κ2) is 7.25. The van der Waals surface area contributed by atoms with E-state index in [1.165, 1.54) is 0 Å². The van der Waals surface area contributed by atoms with E-state index in [-0.39, 0.29) is 16.6 Å². The van der Waals surface area contributed by atoms with Crippen LogP contribution in [0, 0.1) is 13.8 Å². The van der Waals surface area contributed by atoms with Gasteiger partial charge in [0.25, 0.3) is 5.91 Å². The lowest BCUT2D eigenvalue weighted by molar-refractivity contribution is -1.12. The number of carbonyl (C=O) groups is 1. The largest absolute Gasteiger partial charge is 0.320 e. The molecule has 1 aliphatic rings. The summed E-state index contributed by atoms with van der Waals surface area (Å²) in [6.45, 7) is 7.47. The van der Waals surface area contributed by atoms with Crippen LogP contribution in [0.25, 0.3) is 0 Å². The molecule has 2 unspecified atom stereocenters. The molecule has 0 radical (unpaired) electrons. The first-order valence-electron chi connectivity index (χ1n) is 8.44. The molecule has 1 aromatic carbocycles. The van der Waals surface area contributed by atoms with Crippen LogP contribution >= 0.6 is 0 Å². The molecule has 0 aromatic heterocycles. The number of para-hydroxylation sites is 1. The molecule has 0 bridgehead atoms. The van der Waals surface area contributed by atoms with Gasteiger partial charge in [-0.15, -0.1) is 0 Å². The predicted octanol–water partition coefficient (Wildman–Crippen LogP) is 3.80. The standard InChI is InChI=1S/C18H28N2O2/c1-4-5-12-20(22)13-7-6-11-16(20)18(21)19-17-14(2)9-8-10-15(17)3/h8-10,16,22H,4-7,11-13H2,1-3H3/p+1. The van der Waals surface area contributed by atoms with E-state index >= 15 is 0 Å². The van der Waals surface area contributed by atoms with Gasteiger partial charge in [0.1, 0.15) is 13.1 Å². The number of rotatable bonds is 5. The van der Waals surface area contributed by atoms with Gasteiger partial charge in [-0.2, -0.15) is 4.65 Å². The molecule has 1 heterocycles. The fraction of sp³-hybridized carbons (Fsp3) is 0.611. The van der Waals surface area contributed by atoms with Crippen LogP contribution in [0.4, 0.5) is 5.69 Å². The molecule has 1 aromatic rings. The van der Waals surface area contributed by atoms with Crippen LogP contribution in [0.15, 0.2) is 18.2 Å². The molecular formula is C18H29N2O2+. The van der Waals surface area contributed by atoms with Crippen LogP contribution in [0.1, 0.15) is 50.2 Å². The first-order valence-corrected chi connectivity index (χ1v) is 8.44. The van der Waals surface area contributed by atoms with E-state index in [0.29, 0.717) is 13.1 Å². The summed E-state index contributed by atoms with van der Waals surface area (Å²) >= 11 is 0. The summed E-state index contributed by atoms with van der Waals surface area (Å²) < 4.78 is -0.0927. The maximum Gasteiger partial charge on any atom is 0.285 e. The van der Waals surface area contributed by atoms with Crippen molar-refractivity contribution in [2.45, 2.75) is 58.9 Å². The normalized spacial score (nSPS) is 25.0. The van der Waals surface area contributed by atoms with Crippen molar-refractivity contribution in [2.24, 2.45) is 0 Å². The van der Waals surface area contributed by atoms with Crippen molar-refractivity contribution in [1.29, 1.82) is 0 Å². The molecule has 2 N–H and O–H groups in total. The third kappa shape index (κ3) is 3.68. The quantitative estimate of drug-likeness (QED) is 0.813. The van der Waals surface area contributed by atoms with Crippen LogP contribution in [0.2, 0.25) is 0 Å². The molecule has 2 rings (SSSR count). The number of likely N-dealkylation sites (tertiary alicyclic amines) is 1. The second-order valence-electron chi connectivity index (χ2n) is 6.56. The number of anilines is 1. The lowest BCUT2D eigenvalue weighted by atomic mass is 9.99. The van der Waals surface area contributed by atoms with Gasteiger partial charge in [-0.25, -0.2) is 5.21 Å². The van der Waals surface area contributed by atoms with Gasteiger partial charge in [-0.05, 0) is 44.2 Å².